The van der Waals surface area contributed by atoms with E-state index >= 15 is 0 Å². The van der Waals surface area contributed by atoms with E-state index in [0.29, 0.717) is 25.7 Å². The van der Waals surface area contributed by atoms with Gasteiger partial charge >= 0.3 is 39.5 Å². The van der Waals surface area contributed by atoms with Crippen LogP contribution in [0.4, 0.5) is 0 Å². The van der Waals surface area contributed by atoms with Gasteiger partial charge in [-0.05, 0) is 49.4 Å². The van der Waals surface area contributed by atoms with Crippen molar-refractivity contribution in [3.05, 3.63) is 0 Å². The molecular weight excluding hydrogens is 1370 g/mol. The van der Waals surface area contributed by atoms with Crippen molar-refractivity contribution < 1.29 is 80.2 Å². The molecule has 624 valence electrons. The van der Waals surface area contributed by atoms with Crippen LogP contribution in [0.2, 0.25) is 0 Å². The SMILES string of the molecule is CCC(C)CCCCCCCCCCCCCCCCC(=O)OC[C@H](COP(=O)(O)OC[C@@H](O)COP(=O)(O)OC[C@@H](COC(=O)CCCCCCCCCCC(C)C)OC(=O)CCCCCCCCCCCCCCCCC(C)C)OC(=O)CCCCCCCCCCCCCCCCCCC(C)C. The van der Waals surface area contributed by atoms with E-state index in [9.17, 15) is 43.2 Å². The zero-order valence-corrected chi connectivity index (χ0v) is 71.2. The average molecular weight is 1540 g/mol. The van der Waals surface area contributed by atoms with E-state index in [1.807, 2.05) is 0 Å². The molecule has 0 aliphatic heterocycles. The van der Waals surface area contributed by atoms with Crippen LogP contribution >= 0.6 is 15.6 Å². The first-order valence-corrected chi connectivity index (χ1v) is 47.2. The Morgan fingerprint density at radius 3 is 0.676 bits per heavy atom. The molecule has 0 aromatic rings. The maximum absolute atomic E-state index is 13.1. The average Bonchev–Trinajstić information content (AvgIpc) is 2.04. The van der Waals surface area contributed by atoms with Gasteiger partial charge in [-0.15, -0.1) is 0 Å². The maximum atomic E-state index is 13.1. The van der Waals surface area contributed by atoms with Gasteiger partial charge in [-0.25, -0.2) is 9.13 Å². The molecule has 0 radical (unpaired) electrons. The number of aliphatic hydroxyl groups is 1. The Morgan fingerprint density at radius 2 is 0.457 bits per heavy atom. The first-order valence-electron chi connectivity index (χ1n) is 44.2. The van der Waals surface area contributed by atoms with Gasteiger partial charge in [-0.2, -0.15) is 0 Å². The smallest absolute Gasteiger partial charge is 0.462 e. The molecule has 0 bridgehead atoms. The third kappa shape index (κ3) is 78.5. The van der Waals surface area contributed by atoms with Gasteiger partial charge in [0.2, 0.25) is 0 Å². The van der Waals surface area contributed by atoms with Gasteiger partial charge in [0.05, 0.1) is 26.4 Å². The minimum atomic E-state index is -4.97. The van der Waals surface area contributed by atoms with Crippen LogP contribution in [-0.4, -0.2) is 96.7 Å². The summed E-state index contributed by atoms with van der Waals surface area (Å²) in [6.07, 6.45) is 63.8. The topological polar surface area (TPSA) is 237 Å². The summed E-state index contributed by atoms with van der Waals surface area (Å²) in [6.45, 7) is 14.4. The number of rotatable bonds is 83. The van der Waals surface area contributed by atoms with Crippen molar-refractivity contribution in [3.8, 4) is 0 Å². The molecule has 0 rings (SSSR count). The van der Waals surface area contributed by atoms with Crippen LogP contribution in [-0.2, 0) is 65.4 Å². The number of carbonyl (C=O) groups excluding carboxylic acids is 4. The lowest BCUT2D eigenvalue weighted by atomic mass is 9.99. The molecule has 0 saturated carbocycles. The Morgan fingerprint density at radius 1 is 0.267 bits per heavy atom. The van der Waals surface area contributed by atoms with Crippen LogP contribution in [0.1, 0.15) is 447 Å². The summed E-state index contributed by atoms with van der Waals surface area (Å²) in [5, 5.41) is 10.7. The van der Waals surface area contributed by atoms with Gasteiger partial charge < -0.3 is 33.8 Å². The third-order valence-corrected chi connectivity index (χ3v) is 22.3. The molecule has 0 aromatic carbocycles. The lowest BCUT2D eigenvalue weighted by molar-refractivity contribution is -0.161. The second kappa shape index (κ2) is 74.8. The van der Waals surface area contributed by atoms with Crippen LogP contribution < -0.4 is 0 Å². The fourth-order valence-electron chi connectivity index (χ4n) is 13.3. The van der Waals surface area contributed by atoms with Crippen molar-refractivity contribution >= 4 is 39.5 Å². The Labute approximate surface area is 645 Å². The molecule has 0 aliphatic rings. The number of ether oxygens (including phenoxy) is 4. The molecule has 0 fully saturated rings. The molecule has 0 heterocycles. The molecule has 105 heavy (non-hydrogen) atoms. The molecule has 0 aromatic heterocycles. The summed E-state index contributed by atoms with van der Waals surface area (Å²) in [5.41, 5.74) is 0. The lowest BCUT2D eigenvalue weighted by Gasteiger charge is -2.21. The number of esters is 4. The Bertz CT molecular complexity index is 2040. The fourth-order valence-corrected chi connectivity index (χ4v) is 14.9. The highest BCUT2D eigenvalue weighted by atomic mass is 31.2. The number of aliphatic hydroxyl groups excluding tert-OH is 1. The van der Waals surface area contributed by atoms with Gasteiger partial charge in [0, 0.05) is 25.7 Å². The van der Waals surface area contributed by atoms with E-state index in [2.05, 4.69) is 55.4 Å². The van der Waals surface area contributed by atoms with Crippen LogP contribution in [0.25, 0.3) is 0 Å². The summed E-state index contributed by atoms with van der Waals surface area (Å²) in [4.78, 5) is 73.2. The molecule has 0 spiro atoms. The molecule has 0 amide bonds. The van der Waals surface area contributed by atoms with E-state index in [1.54, 1.807) is 0 Å². The Hall–Kier alpha value is -1.94. The highest BCUT2D eigenvalue weighted by Crippen LogP contribution is 2.45. The van der Waals surface area contributed by atoms with Gasteiger partial charge in [-0.1, -0.05) is 396 Å². The van der Waals surface area contributed by atoms with E-state index in [1.165, 1.54) is 250 Å². The second-order valence-corrected chi connectivity index (χ2v) is 35.5. The van der Waals surface area contributed by atoms with E-state index in [-0.39, 0.29) is 25.7 Å². The molecule has 6 atom stereocenters. The second-order valence-electron chi connectivity index (χ2n) is 32.6. The van der Waals surface area contributed by atoms with Gasteiger partial charge in [-0.3, -0.25) is 37.3 Å². The standard InChI is InChI=1S/C86H168O17P2/c1-9-79(8)65-57-49-41-32-26-20-15-17-21-27-33-42-50-58-66-83(88)96-72-81(102-85(90)68-60-52-44-34-28-22-13-11-10-12-18-24-30-38-46-54-62-76(2)3)74-100-104(92,93)98-70-80(87)71-99-105(94,95)101-75-82(73-97-84(89)67-59-51-43-37-36-40-48-56-64-78(6)7)103-86(91)69-61-53-45-35-29-23-16-14-19-25-31-39-47-55-63-77(4)5/h76-82,87H,9-75H2,1-8H3,(H,92,93)(H,94,95)/t79?,80-,81-,82-/m1/s1. The Kier molecular flexibility index (Phi) is 73.4. The number of carbonyl (C=O) groups is 4. The first kappa shape index (κ1) is 103. The molecule has 17 nitrogen and oxygen atoms in total. The van der Waals surface area contributed by atoms with Crippen molar-refractivity contribution in [3.63, 3.8) is 0 Å². The summed E-state index contributed by atoms with van der Waals surface area (Å²) in [6, 6.07) is 0. The van der Waals surface area contributed by atoms with Gasteiger partial charge in [0.15, 0.2) is 12.2 Å². The number of hydrogen-bond acceptors (Lipinski definition) is 15. The summed E-state index contributed by atoms with van der Waals surface area (Å²) < 4.78 is 68.9. The number of unbranched alkanes of at least 4 members (excludes halogenated alkanes) is 48. The highest BCUT2D eigenvalue weighted by Gasteiger charge is 2.31. The molecular formula is C86H168O17P2. The van der Waals surface area contributed by atoms with Crippen molar-refractivity contribution in [2.75, 3.05) is 39.6 Å². The zero-order valence-electron chi connectivity index (χ0n) is 69.4. The highest BCUT2D eigenvalue weighted by molar-refractivity contribution is 7.47. The molecule has 3 N–H and O–H groups in total. The number of hydrogen-bond donors (Lipinski definition) is 3. The molecule has 19 heteroatoms. The monoisotopic (exact) mass is 1540 g/mol. The first-order chi connectivity index (χ1) is 50.6. The largest absolute Gasteiger partial charge is 0.472 e. The van der Waals surface area contributed by atoms with Crippen molar-refractivity contribution in [2.45, 2.75) is 465 Å². The normalized spacial score (nSPS) is 14.2. The lowest BCUT2D eigenvalue weighted by Crippen LogP contribution is -2.30. The van der Waals surface area contributed by atoms with Crippen molar-refractivity contribution in [1.82, 2.24) is 0 Å². The molecule has 3 unspecified atom stereocenters. The predicted octanol–water partition coefficient (Wildman–Crippen LogP) is 25.9. The van der Waals surface area contributed by atoms with Crippen LogP contribution in [0.5, 0.6) is 0 Å². The molecule has 0 saturated heterocycles. The fraction of sp³-hybridized carbons (Fsp3) is 0.953. The van der Waals surface area contributed by atoms with Gasteiger partial charge in [0.25, 0.3) is 0 Å². The van der Waals surface area contributed by atoms with E-state index in [0.717, 1.165) is 114 Å². The quantitative estimate of drug-likeness (QED) is 0.0222. The molecule has 0 aliphatic carbocycles. The summed E-state index contributed by atoms with van der Waals surface area (Å²) >= 11 is 0. The number of phosphoric acid groups is 2. The minimum absolute atomic E-state index is 0.107. The van der Waals surface area contributed by atoms with Crippen LogP contribution in [0.15, 0.2) is 0 Å². The van der Waals surface area contributed by atoms with Gasteiger partial charge in [0.1, 0.15) is 19.3 Å². The minimum Gasteiger partial charge on any atom is -0.462 e. The van der Waals surface area contributed by atoms with Crippen LogP contribution in [0.3, 0.4) is 0 Å². The number of phosphoric ester groups is 2. The van der Waals surface area contributed by atoms with E-state index in [4.69, 9.17) is 37.0 Å². The third-order valence-electron chi connectivity index (χ3n) is 20.4. The van der Waals surface area contributed by atoms with E-state index < -0.39 is 97.5 Å². The predicted molar refractivity (Wildman–Crippen MR) is 432 cm³/mol. The summed E-state index contributed by atoms with van der Waals surface area (Å²) in [5.74, 6) is 1.07. The summed E-state index contributed by atoms with van der Waals surface area (Å²) in [7, 11) is -9.93. The maximum Gasteiger partial charge on any atom is 0.472 e. The zero-order chi connectivity index (χ0) is 77.4. The van der Waals surface area contributed by atoms with Crippen molar-refractivity contribution in [1.29, 1.82) is 0 Å². The van der Waals surface area contributed by atoms with Crippen LogP contribution in [0, 0.1) is 23.7 Å². The Balaban J connectivity index is 5.26. The van der Waals surface area contributed by atoms with Crippen molar-refractivity contribution in [2.24, 2.45) is 23.7 Å².